The maximum atomic E-state index is 13.9. The lowest BCUT2D eigenvalue weighted by Gasteiger charge is -2.28. The minimum atomic E-state index is -0.224. The molecule has 0 atom stereocenters. The Labute approximate surface area is 216 Å². The number of pyridine rings is 1. The zero-order chi connectivity index (χ0) is 25.9. The lowest BCUT2D eigenvalue weighted by Crippen LogP contribution is -2.37. The smallest absolute Gasteiger partial charge is 0.272 e. The predicted molar refractivity (Wildman–Crippen MR) is 142 cm³/mol. The minimum Gasteiger partial charge on any atom is -0.385 e. The van der Waals surface area contributed by atoms with Gasteiger partial charge in [-0.1, -0.05) is 48.0 Å². The highest BCUT2D eigenvalue weighted by Gasteiger charge is 2.30. The van der Waals surface area contributed by atoms with Gasteiger partial charge in [0, 0.05) is 62.5 Å². The van der Waals surface area contributed by atoms with E-state index in [2.05, 4.69) is 10.4 Å². The van der Waals surface area contributed by atoms with Gasteiger partial charge in [-0.2, -0.15) is 5.10 Å². The number of nitrogens with zero attached hydrogens (tertiary/aromatic N) is 4. The van der Waals surface area contributed by atoms with Crippen LogP contribution in [-0.4, -0.2) is 58.3 Å². The molecule has 0 bridgehead atoms. The second-order valence-corrected chi connectivity index (χ2v) is 9.41. The lowest BCUT2D eigenvalue weighted by atomic mass is 10.00. The van der Waals surface area contributed by atoms with Crippen LogP contribution in [0.2, 0.25) is 0 Å². The summed E-state index contributed by atoms with van der Waals surface area (Å²) in [4.78, 5) is 33.5. The highest BCUT2D eigenvalue weighted by molar-refractivity contribution is 6.07. The molecule has 0 aliphatic carbocycles. The zero-order valence-electron chi connectivity index (χ0n) is 21.5. The standard InChI is InChI=1S/C29H31N5O3/c1-19-9-11-20(12-10-19)25-17-22(21-7-4-5-8-24(21)31-25)29(36)34-15-13-26-23(18-34)27(32-33(26)2)28(35)30-14-6-16-37-3/h4-5,7-12,17H,6,13-16,18H2,1-3H3,(H,30,35). The number of nitrogens with one attached hydrogen (secondary N) is 1. The van der Waals surface area contributed by atoms with Crippen LogP contribution in [0, 0.1) is 6.92 Å². The number of para-hydroxylation sites is 1. The number of methoxy groups -OCH3 is 1. The first-order valence-corrected chi connectivity index (χ1v) is 12.5. The number of fused-ring (bicyclic) bond motifs is 2. The van der Waals surface area contributed by atoms with E-state index in [-0.39, 0.29) is 11.8 Å². The van der Waals surface area contributed by atoms with E-state index in [4.69, 9.17) is 9.72 Å². The topological polar surface area (TPSA) is 89.4 Å². The molecular weight excluding hydrogens is 466 g/mol. The molecule has 0 saturated carbocycles. The van der Waals surface area contributed by atoms with Crippen LogP contribution in [0.3, 0.4) is 0 Å². The SMILES string of the molecule is COCCCNC(=O)c1nn(C)c2c1CN(C(=O)c1cc(-c3ccc(C)cc3)nc3ccccc13)CC2. The van der Waals surface area contributed by atoms with Crippen molar-refractivity contribution in [2.75, 3.05) is 26.8 Å². The van der Waals surface area contributed by atoms with Gasteiger partial charge in [0.05, 0.1) is 23.3 Å². The van der Waals surface area contributed by atoms with Gasteiger partial charge in [-0.05, 0) is 25.5 Å². The number of hydrogen-bond donors (Lipinski definition) is 1. The van der Waals surface area contributed by atoms with E-state index in [9.17, 15) is 9.59 Å². The summed E-state index contributed by atoms with van der Waals surface area (Å²) in [5.74, 6) is -0.300. The molecule has 0 fully saturated rings. The van der Waals surface area contributed by atoms with Crippen molar-refractivity contribution in [3.05, 3.63) is 82.7 Å². The van der Waals surface area contributed by atoms with Crippen molar-refractivity contribution in [3.8, 4) is 11.3 Å². The number of hydrogen-bond acceptors (Lipinski definition) is 5. The molecule has 2 aromatic heterocycles. The van der Waals surface area contributed by atoms with Crippen molar-refractivity contribution < 1.29 is 14.3 Å². The van der Waals surface area contributed by atoms with Crippen LogP contribution in [0.5, 0.6) is 0 Å². The van der Waals surface area contributed by atoms with Gasteiger partial charge in [0.2, 0.25) is 0 Å². The Morgan fingerprint density at radius 1 is 1.11 bits per heavy atom. The summed E-state index contributed by atoms with van der Waals surface area (Å²) in [5, 5.41) is 8.23. The fraction of sp³-hybridized carbons (Fsp3) is 0.310. The van der Waals surface area contributed by atoms with Crippen molar-refractivity contribution in [2.45, 2.75) is 26.3 Å². The largest absolute Gasteiger partial charge is 0.385 e. The van der Waals surface area contributed by atoms with E-state index in [0.29, 0.717) is 43.9 Å². The maximum Gasteiger partial charge on any atom is 0.272 e. The highest BCUT2D eigenvalue weighted by Crippen LogP contribution is 2.29. The van der Waals surface area contributed by atoms with Gasteiger partial charge in [0.25, 0.3) is 11.8 Å². The third kappa shape index (κ3) is 4.97. The third-order valence-corrected chi connectivity index (χ3v) is 6.85. The van der Waals surface area contributed by atoms with E-state index < -0.39 is 0 Å². The quantitative estimate of drug-likeness (QED) is 0.391. The average molecular weight is 498 g/mol. The molecular formula is C29H31N5O3. The van der Waals surface area contributed by atoms with Gasteiger partial charge in [-0.25, -0.2) is 4.98 Å². The molecule has 1 aliphatic rings. The summed E-state index contributed by atoms with van der Waals surface area (Å²) in [7, 11) is 3.49. The number of aromatic nitrogens is 3. The van der Waals surface area contributed by atoms with E-state index >= 15 is 0 Å². The number of rotatable bonds is 7. The van der Waals surface area contributed by atoms with Gasteiger partial charge in [-0.3, -0.25) is 14.3 Å². The summed E-state index contributed by atoms with van der Waals surface area (Å²) in [6.07, 6.45) is 1.36. The first kappa shape index (κ1) is 24.6. The van der Waals surface area contributed by atoms with Crippen LogP contribution in [0.4, 0.5) is 0 Å². The first-order chi connectivity index (χ1) is 18.0. The second kappa shape index (κ2) is 10.5. The summed E-state index contributed by atoms with van der Waals surface area (Å²) in [6, 6.07) is 17.8. The first-order valence-electron chi connectivity index (χ1n) is 12.5. The normalized spacial score (nSPS) is 13.0. The molecule has 5 rings (SSSR count). The van der Waals surface area contributed by atoms with Gasteiger partial charge in [0.15, 0.2) is 5.69 Å². The molecule has 0 radical (unpaired) electrons. The van der Waals surface area contributed by atoms with Crippen molar-refractivity contribution in [1.82, 2.24) is 25.0 Å². The van der Waals surface area contributed by atoms with E-state index in [1.54, 1.807) is 11.8 Å². The molecule has 3 heterocycles. The monoisotopic (exact) mass is 497 g/mol. The fourth-order valence-corrected chi connectivity index (χ4v) is 4.85. The van der Waals surface area contributed by atoms with Crippen LogP contribution >= 0.6 is 0 Å². The molecule has 190 valence electrons. The molecule has 4 aromatic rings. The second-order valence-electron chi connectivity index (χ2n) is 9.41. The lowest BCUT2D eigenvalue weighted by molar-refractivity contribution is 0.0732. The number of aryl methyl sites for hydroxylation is 2. The number of carbonyl (C=O) groups is 2. The fourth-order valence-electron chi connectivity index (χ4n) is 4.85. The summed E-state index contributed by atoms with van der Waals surface area (Å²) < 4.78 is 6.82. The number of benzene rings is 2. The molecule has 1 aliphatic heterocycles. The van der Waals surface area contributed by atoms with E-state index in [1.807, 2.05) is 73.5 Å². The minimum absolute atomic E-state index is 0.0760. The predicted octanol–water partition coefficient (Wildman–Crippen LogP) is 3.91. The maximum absolute atomic E-state index is 13.9. The molecule has 37 heavy (non-hydrogen) atoms. The molecule has 2 amide bonds. The summed E-state index contributed by atoms with van der Waals surface area (Å²) in [6.45, 7) is 4.01. The van der Waals surface area contributed by atoms with Crippen molar-refractivity contribution in [3.63, 3.8) is 0 Å². The summed E-state index contributed by atoms with van der Waals surface area (Å²) in [5.41, 5.74) is 6.46. The Kier molecular flexibility index (Phi) is 7.01. The van der Waals surface area contributed by atoms with Gasteiger partial charge >= 0.3 is 0 Å². The van der Waals surface area contributed by atoms with Crippen LogP contribution in [0.15, 0.2) is 54.6 Å². The zero-order valence-corrected chi connectivity index (χ0v) is 21.5. The van der Waals surface area contributed by atoms with Crippen molar-refractivity contribution in [1.29, 1.82) is 0 Å². The molecule has 0 saturated heterocycles. The van der Waals surface area contributed by atoms with Gasteiger partial charge < -0.3 is 15.0 Å². The molecule has 0 unspecified atom stereocenters. The third-order valence-electron chi connectivity index (χ3n) is 6.85. The van der Waals surface area contributed by atoms with E-state index in [0.717, 1.165) is 39.8 Å². The number of carbonyl (C=O) groups excluding carboxylic acids is 2. The average Bonchev–Trinajstić information content (AvgIpc) is 3.26. The van der Waals surface area contributed by atoms with Crippen molar-refractivity contribution in [2.24, 2.45) is 7.05 Å². The van der Waals surface area contributed by atoms with Crippen LogP contribution in [-0.2, 0) is 24.8 Å². The van der Waals surface area contributed by atoms with Crippen LogP contribution in [0.25, 0.3) is 22.2 Å². The Bertz CT molecular complexity index is 1460. The number of amides is 2. The summed E-state index contributed by atoms with van der Waals surface area (Å²) >= 11 is 0. The van der Waals surface area contributed by atoms with Crippen molar-refractivity contribution >= 4 is 22.7 Å². The Morgan fingerprint density at radius 3 is 2.68 bits per heavy atom. The Balaban J connectivity index is 1.46. The molecule has 1 N–H and O–H groups in total. The molecule has 0 spiro atoms. The Hall–Kier alpha value is -4.04. The van der Waals surface area contributed by atoms with Crippen LogP contribution in [0.1, 0.15) is 44.1 Å². The van der Waals surface area contributed by atoms with Crippen LogP contribution < -0.4 is 5.32 Å². The highest BCUT2D eigenvalue weighted by atomic mass is 16.5. The molecule has 8 nitrogen and oxygen atoms in total. The van der Waals surface area contributed by atoms with Gasteiger partial charge in [0.1, 0.15) is 0 Å². The Morgan fingerprint density at radius 2 is 1.89 bits per heavy atom. The number of ether oxygens (including phenoxy) is 1. The van der Waals surface area contributed by atoms with Gasteiger partial charge in [-0.15, -0.1) is 0 Å². The molecule has 2 aromatic carbocycles. The molecule has 8 heteroatoms. The van der Waals surface area contributed by atoms with E-state index in [1.165, 1.54) is 5.56 Å².